The normalized spacial score (nSPS) is 15.0. The van der Waals surface area contributed by atoms with Crippen LogP contribution in [0.3, 0.4) is 0 Å². The monoisotopic (exact) mass is 277 g/mol. The van der Waals surface area contributed by atoms with Gasteiger partial charge in [-0.3, -0.25) is 0 Å². The van der Waals surface area contributed by atoms with E-state index in [-0.39, 0.29) is 0 Å². The smallest absolute Gasteiger partial charge is 0.0561 e. The number of halogens is 1. The first kappa shape index (κ1) is 14.4. The van der Waals surface area contributed by atoms with Crippen molar-refractivity contribution < 1.29 is 0 Å². The molecule has 0 aromatic carbocycles. The van der Waals surface area contributed by atoms with Crippen LogP contribution >= 0.6 is 34.7 Å². The minimum absolute atomic E-state index is 0.400. The molecule has 16 heavy (non-hydrogen) atoms. The second-order valence-corrected chi connectivity index (χ2v) is 6.62. The van der Waals surface area contributed by atoms with E-state index >= 15 is 0 Å². The number of nitrogens with one attached hydrogen (secondary N) is 1. The quantitative estimate of drug-likeness (QED) is 0.783. The Bertz CT molecular complexity index is 301. The molecule has 1 heterocycles. The lowest BCUT2D eigenvalue weighted by Gasteiger charge is -2.18. The van der Waals surface area contributed by atoms with Gasteiger partial charge in [-0.25, -0.2) is 0 Å². The predicted octanol–water partition coefficient (Wildman–Crippen LogP) is 4.58. The molecule has 0 fully saturated rings. The first-order chi connectivity index (χ1) is 7.69. The first-order valence-corrected chi connectivity index (χ1v) is 8.07. The van der Waals surface area contributed by atoms with Crippen LogP contribution in [0.5, 0.6) is 0 Å². The summed E-state index contributed by atoms with van der Waals surface area (Å²) in [4.78, 5) is 1.28. The van der Waals surface area contributed by atoms with Crippen LogP contribution in [0.1, 0.15) is 38.1 Å². The van der Waals surface area contributed by atoms with Gasteiger partial charge in [0, 0.05) is 15.9 Å². The molecule has 0 saturated carbocycles. The zero-order chi connectivity index (χ0) is 12.0. The molecule has 0 saturated heterocycles. The van der Waals surface area contributed by atoms with Gasteiger partial charge in [0.05, 0.1) is 11.1 Å². The molecule has 2 atom stereocenters. The molecule has 0 spiro atoms. The number of thiophene rings is 1. The van der Waals surface area contributed by atoms with Crippen molar-refractivity contribution in [1.82, 2.24) is 5.32 Å². The lowest BCUT2D eigenvalue weighted by molar-refractivity contribution is 0.614. The molecular formula is C12H20ClNS2. The Balaban J connectivity index is 2.58. The van der Waals surface area contributed by atoms with Gasteiger partial charge in [0.1, 0.15) is 0 Å². The summed E-state index contributed by atoms with van der Waals surface area (Å²) in [6.07, 6.45) is 1.22. The Morgan fingerprint density at radius 2 is 2.25 bits per heavy atom. The first-order valence-electron chi connectivity index (χ1n) is 5.76. The summed E-state index contributed by atoms with van der Waals surface area (Å²) in [5.74, 6) is 1.10. The van der Waals surface area contributed by atoms with E-state index in [0.29, 0.717) is 6.04 Å². The number of rotatable bonds is 7. The lowest BCUT2D eigenvalue weighted by Crippen LogP contribution is -2.23. The summed E-state index contributed by atoms with van der Waals surface area (Å²) in [5, 5.41) is 7.20. The Labute approximate surface area is 112 Å². The summed E-state index contributed by atoms with van der Waals surface area (Å²) in [6, 6.07) is 2.39. The van der Waals surface area contributed by atoms with E-state index in [0.717, 1.165) is 22.6 Å². The van der Waals surface area contributed by atoms with E-state index in [2.05, 4.69) is 31.5 Å². The maximum Gasteiger partial charge on any atom is 0.0561 e. The molecule has 2 unspecified atom stereocenters. The van der Waals surface area contributed by atoms with E-state index in [1.807, 2.05) is 17.8 Å². The largest absolute Gasteiger partial charge is 0.309 e. The third-order valence-corrected chi connectivity index (χ3v) is 5.43. The fourth-order valence-electron chi connectivity index (χ4n) is 1.41. The van der Waals surface area contributed by atoms with Crippen LogP contribution in [0, 0.1) is 0 Å². The molecule has 1 rings (SSSR count). The van der Waals surface area contributed by atoms with Gasteiger partial charge in [-0.05, 0) is 24.4 Å². The van der Waals surface area contributed by atoms with Crippen LogP contribution in [-0.2, 0) is 0 Å². The van der Waals surface area contributed by atoms with Crippen molar-refractivity contribution >= 4 is 34.7 Å². The van der Waals surface area contributed by atoms with Crippen molar-refractivity contribution in [2.24, 2.45) is 0 Å². The SMILES string of the molecule is CCNC(CSC(C)CC)c1sccc1Cl. The van der Waals surface area contributed by atoms with Crippen LogP contribution in [0.4, 0.5) is 0 Å². The van der Waals surface area contributed by atoms with E-state index in [1.54, 1.807) is 11.3 Å². The molecular weight excluding hydrogens is 258 g/mol. The van der Waals surface area contributed by atoms with Crippen molar-refractivity contribution in [2.45, 2.75) is 38.5 Å². The number of hydrogen-bond acceptors (Lipinski definition) is 3. The average Bonchev–Trinajstić information content (AvgIpc) is 2.70. The molecule has 0 aliphatic heterocycles. The maximum atomic E-state index is 6.18. The van der Waals surface area contributed by atoms with Gasteiger partial charge in [-0.1, -0.05) is 32.4 Å². The highest BCUT2D eigenvalue weighted by atomic mass is 35.5. The Hall–Kier alpha value is 0.300. The van der Waals surface area contributed by atoms with E-state index in [9.17, 15) is 0 Å². The van der Waals surface area contributed by atoms with Crippen LogP contribution in [0.2, 0.25) is 5.02 Å². The van der Waals surface area contributed by atoms with Gasteiger partial charge < -0.3 is 5.32 Å². The highest BCUT2D eigenvalue weighted by molar-refractivity contribution is 7.99. The summed E-state index contributed by atoms with van der Waals surface area (Å²) in [5.41, 5.74) is 0. The minimum Gasteiger partial charge on any atom is -0.309 e. The predicted molar refractivity (Wildman–Crippen MR) is 78.0 cm³/mol. The molecule has 0 aliphatic rings. The summed E-state index contributed by atoms with van der Waals surface area (Å²) >= 11 is 9.95. The highest BCUT2D eigenvalue weighted by Crippen LogP contribution is 2.31. The van der Waals surface area contributed by atoms with Gasteiger partial charge in [-0.2, -0.15) is 11.8 Å². The zero-order valence-electron chi connectivity index (χ0n) is 10.1. The van der Waals surface area contributed by atoms with Crippen LogP contribution in [0.25, 0.3) is 0 Å². The Kier molecular flexibility index (Phi) is 6.81. The third-order valence-electron chi connectivity index (χ3n) is 2.53. The van der Waals surface area contributed by atoms with E-state index < -0.39 is 0 Å². The van der Waals surface area contributed by atoms with Crippen LogP contribution in [0.15, 0.2) is 11.4 Å². The lowest BCUT2D eigenvalue weighted by atomic mass is 10.3. The molecule has 1 N–H and O–H groups in total. The summed E-state index contributed by atoms with van der Waals surface area (Å²) in [6.45, 7) is 7.64. The van der Waals surface area contributed by atoms with Crippen molar-refractivity contribution in [3.05, 3.63) is 21.3 Å². The molecule has 1 nitrogen and oxygen atoms in total. The van der Waals surface area contributed by atoms with Gasteiger partial charge in [0.15, 0.2) is 0 Å². The number of hydrogen-bond donors (Lipinski definition) is 1. The van der Waals surface area contributed by atoms with Crippen molar-refractivity contribution in [1.29, 1.82) is 0 Å². The molecule has 92 valence electrons. The Morgan fingerprint density at radius 3 is 2.75 bits per heavy atom. The van der Waals surface area contributed by atoms with E-state index in [4.69, 9.17) is 11.6 Å². The molecule has 0 bridgehead atoms. The zero-order valence-corrected chi connectivity index (χ0v) is 12.5. The molecule has 1 aromatic rings. The van der Waals surface area contributed by atoms with Crippen LogP contribution < -0.4 is 5.32 Å². The summed E-state index contributed by atoms with van der Waals surface area (Å²) in [7, 11) is 0. The summed E-state index contributed by atoms with van der Waals surface area (Å²) < 4.78 is 0. The molecule has 0 amide bonds. The maximum absolute atomic E-state index is 6.18. The number of thioether (sulfide) groups is 1. The van der Waals surface area contributed by atoms with Crippen molar-refractivity contribution in [3.63, 3.8) is 0 Å². The second kappa shape index (κ2) is 7.59. The van der Waals surface area contributed by atoms with Gasteiger partial charge >= 0.3 is 0 Å². The second-order valence-electron chi connectivity index (χ2n) is 3.80. The van der Waals surface area contributed by atoms with Crippen molar-refractivity contribution in [3.8, 4) is 0 Å². The van der Waals surface area contributed by atoms with E-state index in [1.165, 1.54) is 11.3 Å². The van der Waals surface area contributed by atoms with Gasteiger partial charge in [0.2, 0.25) is 0 Å². The fraction of sp³-hybridized carbons (Fsp3) is 0.667. The highest BCUT2D eigenvalue weighted by Gasteiger charge is 2.16. The topological polar surface area (TPSA) is 12.0 Å². The Morgan fingerprint density at radius 1 is 1.50 bits per heavy atom. The van der Waals surface area contributed by atoms with Gasteiger partial charge in [-0.15, -0.1) is 11.3 Å². The molecule has 0 radical (unpaired) electrons. The molecule has 1 aromatic heterocycles. The average molecular weight is 278 g/mol. The minimum atomic E-state index is 0.400. The standard InChI is InChI=1S/C12H20ClNS2/c1-4-9(3)16-8-11(14-5-2)12-10(13)6-7-15-12/h6-7,9,11,14H,4-5,8H2,1-3H3. The third kappa shape index (κ3) is 4.28. The van der Waals surface area contributed by atoms with Gasteiger partial charge in [0.25, 0.3) is 0 Å². The molecule has 0 aliphatic carbocycles. The fourth-order valence-corrected chi connectivity index (χ4v) is 3.82. The van der Waals surface area contributed by atoms with Crippen LogP contribution in [-0.4, -0.2) is 17.5 Å². The van der Waals surface area contributed by atoms with Crippen molar-refractivity contribution in [2.75, 3.05) is 12.3 Å². The molecule has 4 heteroatoms.